The second-order valence-electron chi connectivity index (χ2n) is 3.51. The van der Waals surface area contributed by atoms with Gasteiger partial charge in [0.25, 0.3) is 0 Å². The van der Waals surface area contributed by atoms with Crippen LogP contribution in [-0.4, -0.2) is 13.3 Å². The van der Waals surface area contributed by atoms with E-state index in [0.717, 1.165) is 16.7 Å². The molecule has 0 spiro atoms. The van der Waals surface area contributed by atoms with E-state index in [0.29, 0.717) is 0 Å². The van der Waals surface area contributed by atoms with E-state index in [1.807, 2.05) is 30.3 Å². The first kappa shape index (κ1) is 11.3. The SMILES string of the molecule is CO/N=C/c1ccccc1-c1cccc(F)c1. The second-order valence-corrected chi connectivity index (χ2v) is 3.51. The van der Waals surface area contributed by atoms with Gasteiger partial charge in [0.1, 0.15) is 12.9 Å². The van der Waals surface area contributed by atoms with Crippen LogP contribution in [0.25, 0.3) is 11.1 Å². The first-order valence-corrected chi connectivity index (χ1v) is 5.23. The number of oxime groups is 1. The highest BCUT2D eigenvalue weighted by molar-refractivity contribution is 5.90. The molecule has 0 N–H and O–H groups in total. The molecule has 2 nitrogen and oxygen atoms in total. The van der Waals surface area contributed by atoms with Crippen LogP contribution in [0.3, 0.4) is 0 Å². The summed E-state index contributed by atoms with van der Waals surface area (Å²) in [6.07, 6.45) is 1.61. The number of rotatable bonds is 3. The van der Waals surface area contributed by atoms with Crippen molar-refractivity contribution in [2.24, 2.45) is 5.16 Å². The Labute approximate surface area is 99.3 Å². The van der Waals surface area contributed by atoms with Crippen LogP contribution in [0.4, 0.5) is 4.39 Å². The predicted molar refractivity (Wildman–Crippen MR) is 66.4 cm³/mol. The van der Waals surface area contributed by atoms with E-state index in [1.54, 1.807) is 12.3 Å². The van der Waals surface area contributed by atoms with Crippen molar-refractivity contribution < 1.29 is 9.23 Å². The zero-order valence-electron chi connectivity index (χ0n) is 9.43. The summed E-state index contributed by atoms with van der Waals surface area (Å²) in [5.41, 5.74) is 2.64. The lowest BCUT2D eigenvalue weighted by Crippen LogP contribution is -1.89. The Morgan fingerprint density at radius 2 is 1.94 bits per heavy atom. The van der Waals surface area contributed by atoms with Gasteiger partial charge in [-0.2, -0.15) is 0 Å². The van der Waals surface area contributed by atoms with Crippen molar-refractivity contribution in [2.45, 2.75) is 0 Å². The summed E-state index contributed by atoms with van der Waals surface area (Å²) in [5, 5.41) is 3.73. The van der Waals surface area contributed by atoms with Gasteiger partial charge in [-0.05, 0) is 23.3 Å². The minimum atomic E-state index is -0.249. The average molecular weight is 229 g/mol. The Bertz CT molecular complexity index is 537. The first-order valence-electron chi connectivity index (χ1n) is 5.23. The molecule has 2 aromatic carbocycles. The van der Waals surface area contributed by atoms with Gasteiger partial charge in [-0.1, -0.05) is 41.6 Å². The van der Waals surface area contributed by atoms with Crippen molar-refractivity contribution in [1.82, 2.24) is 0 Å². The van der Waals surface area contributed by atoms with Crippen LogP contribution in [0, 0.1) is 5.82 Å². The number of hydrogen-bond donors (Lipinski definition) is 0. The molecular formula is C14H12FNO. The van der Waals surface area contributed by atoms with Crippen molar-refractivity contribution in [3.63, 3.8) is 0 Å². The van der Waals surface area contributed by atoms with Gasteiger partial charge >= 0.3 is 0 Å². The number of benzene rings is 2. The van der Waals surface area contributed by atoms with Crippen molar-refractivity contribution in [2.75, 3.05) is 7.11 Å². The van der Waals surface area contributed by atoms with Crippen molar-refractivity contribution in [1.29, 1.82) is 0 Å². The van der Waals surface area contributed by atoms with E-state index < -0.39 is 0 Å². The summed E-state index contributed by atoms with van der Waals surface area (Å²) < 4.78 is 13.2. The third-order valence-electron chi connectivity index (χ3n) is 2.39. The first-order chi connectivity index (χ1) is 8.31. The fourth-order valence-corrected chi connectivity index (χ4v) is 1.64. The lowest BCUT2D eigenvalue weighted by Gasteiger charge is -2.05. The molecule has 3 heteroatoms. The summed E-state index contributed by atoms with van der Waals surface area (Å²) in [6, 6.07) is 14.1. The third kappa shape index (κ3) is 2.69. The van der Waals surface area contributed by atoms with E-state index in [4.69, 9.17) is 0 Å². The molecule has 17 heavy (non-hydrogen) atoms. The van der Waals surface area contributed by atoms with Gasteiger partial charge in [-0.15, -0.1) is 0 Å². The molecule has 0 amide bonds. The monoisotopic (exact) mass is 229 g/mol. The summed E-state index contributed by atoms with van der Waals surface area (Å²) >= 11 is 0. The molecule has 0 bridgehead atoms. The van der Waals surface area contributed by atoms with E-state index in [9.17, 15) is 4.39 Å². The van der Waals surface area contributed by atoms with Gasteiger partial charge in [-0.25, -0.2) is 4.39 Å². The maximum Gasteiger partial charge on any atom is 0.123 e. The average Bonchev–Trinajstić information content (AvgIpc) is 2.37. The van der Waals surface area contributed by atoms with E-state index in [2.05, 4.69) is 9.99 Å². The van der Waals surface area contributed by atoms with Crippen LogP contribution >= 0.6 is 0 Å². The molecule has 0 atom stereocenters. The molecule has 0 unspecified atom stereocenters. The molecule has 0 saturated heterocycles. The lowest BCUT2D eigenvalue weighted by molar-refractivity contribution is 0.215. The van der Waals surface area contributed by atoms with E-state index in [-0.39, 0.29) is 5.82 Å². The quantitative estimate of drug-likeness (QED) is 0.583. The van der Waals surface area contributed by atoms with Gasteiger partial charge < -0.3 is 4.84 Å². The van der Waals surface area contributed by atoms with Gasteiger partial charge in [0, 0.05) is 5.56 Å². The highest BCUT2D eigenvalue weighted by atomic mass is 19.1. The molecule has 0 fully saturated rings. The maximum atomic E-state index is 13.2. The molecule has 86 valence electrons. The third-order valence-corrected chi connectivity index (χ3v) is 2.39. The molecule has 0 saturated carbocycles. The fourth-order valence-electron chi connectivity index (χ4n) is 1.64. The largest absolute Gasteiger partial charge is 0.399 e. The van der Waals surface area contributed by atoms with Crippen LogP contribution in [0.5, 0.6) is 0 Å². The zero-order chi connectivity index (χ0) is 12.1. The fraction of sp³-hybridized carbons (Fsp3) is 0.0714. The standard InChI is InChI=1S/C14H12FNO/c1-17-16-10-12-5-2-3-8-14(12)11-6-4-7-13(15)9-11/h2-10H,1H3/b16-10+. The minimum absolute atomic E-state index is 0.249. The molecule has 0 heterocycles. The lowest BCUT2D eigenvalue weighted by atomic mass is 10.0. The van der Waals surface area contributed by atoms with Crippen molar-refractivity contribution in [3.8, 4) is 11.1 Å². The van der Waals surface area contributed by atoms with Crippen LogP contribution in [0.2, 0.25) is 0 Å². The number of hydrogen-bond acceptors (Lipinski definition) is 2. The Morgan fingerprint density at radius 3 is 2.71 bits per heavy atom. The molecule has 0 aromatic heterocycles. The minimum Gasteiger partial charge on any atom is -0.399 e. The van der Waals surface area contributed by atoms with E-state index >= 15 is 0 Å². The maximum absolute atomic E-state index is 13.2. The Morgan fingerprint density at radius 1 is 1.12 bits per heavy atom. The van der Waals surface area contributed by atoms with Gasteiger partial charge in [0.15, 0.2) is 0 Å². The summed E-state index contributed by atoms with van der Waals surface area (Å²) in [5.74, 6) is -0.249. The van der Waals surface area contributed by atoms with E-state index in [1.165, 1.54) is 19.2 Å². The van der Waals surface area contributed by atoms with Crippen LogP contribution in [0.1, 0.15) is 5.56 Å². The van der Waals surface area contributed by atoms with Crippen LogP contribution in [-0.2, 0) is 4.84 Å². The topological polar surface area (TPSA) is 21.6 Å². The Balaban J connectivity index is 2.48. The zero-order valence-corrected chi connectivity index (χ0v) is 9.43. The molecular weight excluding hydrogens is 217 g/mol. The highest BCUT2D eigenvalue weighted by Crippen LogP contribution is 2.23. The normalized spacial score (nSPS) is 10.7. The van der Waals surface area contributed by atoms with Crippen LogP contribution < -0.4 is 0 Å². The molecule has 0 aliphatic carbocycles. The van der Waals surface area contributed by atoms with Gasteiger partial charge in [-0.3, -0.25) is 0 Å². The number of nitrogens with zero attached hydrogens (tertiary/aromatic N) is 1. The molecule has 0 aliphatic rings. The molecule has 2 rings (SSSR count). The molecule has 2 aromatic rings. The Hall–Kier alpha value is -2.16. The number of halogens is 1. The molecule has 0 aliphatic heterocycles. The van der Waals surface area contributed by atoms with Crippen molar-refractivity contribution >= 4 is 6.21 Å². The Kier molecular flexibility index (Phi) is 3.50. The summed E-state index contributed by atoms with van der Waals surface area (Å²) in [6.45, 7) is 0. The highest BCUT2D eigenvalue weighted by Gasteiger charge is 2.03. The summed E-state index contributed by atoms with van der Waals surface area (Å²) in [7, 11) is 1.49. The second kappa shape index (κ2) is 5.25. The van der Waals surface area contributed by atoms with Gasteiger partial charge in [0.2, 0.25) is 0 Å². The smallest absolute Gasteiger partial charge is 0.123 e. The van der Waals surface area contributed by atoms with Crippen molar-refractivity contribution in [3.05, 3.63) is 59.9 Å². The predicted octanol–water partition coefficient (Wildman–Crippen LogP) is 3.47. The van der Waals surface area contributed by atoms with Gasteiger partial charge in [0.05, 0.1) is 6.21 Å². The summed E-state index contributed by atoms with van der Waals surface area (Å²) in [4.78, 5) is 4.66. The molecule has 0 radical (unpaired) electrons. The van der Waals surface area contributed by atoms with Crippen LogP contribution in [0.15, 0.2) is 53.7 Å².